The van der Waals surface area contributed by atoms with Crippen molar-refractivity contribution in [2.24, 2.45) is 23.7 Å². The lowest BCUT2D eigenvalue weighted by molar-refractivity contribution is 0.0863. The summed E-state index contributed by atoms with van der Waals surface area (Å²) in [6.45, 7) is 0. The standard InChI is InChI=1S/C57H44N2/c1-2-10-40-31-43(20-19-38(40)9-1)39-21-25-47(26-22-39)58(48-27-23-46(24-28-48)57-35-37-29-44-32-45(36-57)56(44)53(57)30-37)49-13-7-11-41(33-49)42-12-8-14-50(34-42)59-54-17-5-3-15-51(54)52-16-4-6-18-55(52)59/h1-28,30-31,33-34,37,44-45,56H,29,32,35-36H2/t37-,44?,45+,56?,57?/m1/s1. The van der Waals surface area contributed by atoms with Crippen LogP contribution in [-0.4, -0.2) is 4.57 Å². The zero-order chi connectivity index (χ0) is 38.7. The molecule has 3 unspecified atom stereocenters. The van der Waals surface area contributed by atoms with E-state index in [-0.39, 0.29) is 5.41 Å². The molecule has 8 aromatic carbocycles. The summed E-state index contributed by atoms with van der Waals surface area (Å²) in [5, 5.41) is 5.09. The molecule has 0 saturated heterocycles. The Morgan fingerprint density at radius 2 is 1.10 bits per heavy atom. The van der Waals surface area contributed by atoms with Gasteiger partial charge in [0.1, 0.15) is 0 Å². The van der Waals surface area contributed by atoms with Crippen LogP contribution in [-0.2, 0) is 5.41 Å². The number of nitrogens with zero attached hydrogens (tertiary/aromatic N) is 2. The van der Waals surface area contributed by atoms with Crippen molar-refractivity contribution in [1.29, 1.82) is 0 Å². The summed E-state index contributed by atoms with van der Waals surface area (Å²) < 4.78 is 2.41. The first kappa shape index (κ1) is 33.3. The number of para-hydroxylation sites is 2. The van der Waals surface area contributed by atoms with E-state index in [0.717, 1.165) is 35.0 Å². The first-order chi connectivity index (χ1) is 29.2. The minimum atomic E-state index is 0.261. The predicted octanol–water partition coefficient (Wildman–Crippen LogP) is 15.0. The number of fused-ring (bicyclic) bond motifs is 5. The molecule has 0 spiro atoms. The van der Waals surface area contributed by atoms with Crippen molar-refractivity contribution in [2.45, 2.75) is 31.1 Å². The van der Waals surface area contributed by atoms with Crippen LogP contribution in [0.4, 0.5) is 17.1 Å². The van der Waals surface area contributed by atoms with Crippen molar-refractivity contribution in [2.75, 3.05) is 4.90 Å². The van der Waals surface area contributed by atoms with Crippen molar-refractivity contribution in [3.05, 3.63) is 205 Å². The van der Waals surface area contributed by atoms with Gasteiger partial charge in [0, 0.05) is 38.9 Å². The molecule has 282 valence electrons. The maximum Gasteiger partial charge on any atom is 0.0541 e. The van der Waals surface area contributed by atoms with E-state index in [9.17, 15) is 0 Å². The molecule has 9 aromatic rings. The summed E-state index contributed by atoms with van der Waals surface area (Å²) in [4.78, 5) is 2.45. The first-order valence-electron chi connectivity index (χ1n) is 21.6. The molecule has 0 radical (unpaired) electrons. The maximum absolute atomic E-state index is 2.71. The minimum absolute atomic E-state index is 0.261. The Kier molecular flexibility index (Phi) is 7.17. The summed E-state index contributed by atoms with van der Waals surface area (Å²) in [5.74, 6) is 3.50. The molecule has 13 rings (SSSR count). The van der Waals surface area contributed by atoms with Crippen LogP contribution in [0.3, 0.4) is 0 Å². The van der Waals surface area contributed by atoms with Gasteiger partial charge in [-0.3, -0.25) is 0 Å². The van der Waals surface area contributed by atoms with E-state index < -0.39 is 0 Å². The molecule has 2 bridgehead atoms. The SMILES string of the molecule is C1=C2C3C4C[C@H]1CC2(c1ccc(N(c2ccc(-c5ccc6ccccc6c5)cc2)c2cccc(-c5cccc(-n6c7ccccc7c7ccccc76)c5)c2)cc1)C[C@@H]3C4. The average Bonchev–Trinajstić information content (AvgIpc) is 3.88. The highest BCUT2D eigenvalue weighted by molar-refractivity contribution is 6.09. The molecule has 2 heteroatoms. The second-order valence-corrected chi connectivity index (χ2v) is 17.9. The number of rotatable bonds is 7. The van der Waals surface area contributed by atoms with Crippen LogP contribution in [0.25, 0.3) is 60.5 Å². The van der Waals surface area contributed by atoms with Gasteiger partial charge in [-0.05, 0) is 155 Å². The van der Waals surface area contributed by atoms with E-state index in [2.05, 4.69) is 204 Å². The van der Waals surface area contributed by atoms with Crippen molar-refractivity contribution < 1.29 is 0 Å². The molecule has 4 aliphatic carbocycles. The topological polar surface area (TPSA) is 8.17 Å². The molecule has 59 heavy (non-hydrogen) atoms. The number of hydrogen-bond donors (Lipinski definition) is 0. The quantitative estimate of drug-likeness (QED) is 0.147. The molecule has 0 N–H and O–H groups in total. The van der Waals surface area contributed by atoms with E-state index >= 15 is 0 Å². The van der Waals surface area contributed by atoms with Gasteiger partial charge in [0.05, 0.1) is 11.0 Å². The molecule has 1 aromatic heterocycles. The number of allylic oxidation sites excluding steroid dienone is 2. The van der Waals surface area contributed by atoms with Gasteiger partial charge in [-0.15, -0.1) is 0 Å². The monoisotopic (exact) mass is 756 g/mol. The summed E-state index contributed by atoms with van der Waals surface area (Å²) in [5.41, 5.74) is 15.6. The average molecular weight is 757 g/mol. The highest BCUT2D eigenvalue weighted by atomic mass is 15.1. The zero-order valence-electron chi connectivity index (χ0n) is 33.0. The smallest absolute Gasteiger partial charge is 0.0541 e. The van der Waals surface area contributed by atoms with Crippen LogP contribution < -0.4 is 4.90 Å². The van der Waals surface area contributed by atoms with E-state index in [4.69, 9.17) is 0 Å². The zero-order valence-corrected chi connectivity index (χ0v) is 33.0. The second-order valence-electron chi connectivity index (χ2n) is 17.9. The highest BCUT2D eigenvalue weighted by Gasteiger charge is 2.63. The fourth-order valence-corrected chi connectivity index (χ4v) is 12.3. The second kappa shape index (κ2) is 12.7. The third kappa shape index (κ3) is 5.05. The lowest BCUT2D eigenvalue weighted by Crippen LogP contribution is -2.36. The Bertz CT molecular complexity index is 3100. The third-order valence-electron chi connectivity index (χ3n) is 14.8. The number of hydrogen-bond acceptors (Lipinski definition) is 1. The fourth-order valence-electron chi connectivity index (χ4n) is 12.3. The molecule has 0 aliphatic heterocycles. The van der Waals surface area contributed by atoms with E-state index in [1.54, 1.807) is 5.57 Å². The van der Waals surface area contributed by atoms with Gasteiger partial charge >= 0.3 is 0 Å². The number of benzene rings is 8. The summed E-state index contributed by atoms with van der Waals surface area (Å²) in [6, 6.07) is 70.0. The van der Waals surface area contributed by atoms with Gasteiger partial charge in [-0.1, -0.05) is 133 Å². The van der Waals surface area contributed by atoms with Gasteiger partial charge in [0.15, 0.2) is 0 Å². The Balaban J connectivity index is 0.902. The third-order valence-corrected chi connectivity index (χ3v) is 14.8. The van der Waals surface area contributed by atoms with Crippen LogP contribution in [0, 0.1) is 23.7 Å². The van der Waals surface area contributed by atoms with Crippen molar-refractivity contribution in [1.82, 2.24) is 4.57 Å². The van der Waals surface area contributed by atoms with Crippen LogP contribution in [0.15, 0.2) is 200 Å². The molecule has 5 atom stereocenters. The molecule has 0 amide bonds. The number of anilines is 3. The Labute approximate surface area is 345 Å². The lowest BCUT2D eigenvalue weighted by Gasteiger charge is -2.44. The van der Waals surface area contributed by atoms with Gasteiger partial charge < -0.3 is 9.47 Å². The Morgan fingerprint density at radius 3 is 1.88 bits per heavy atom. The highest BCUT2D eigenvalue weighted by Crippen LogP contribution is 2.71. The maximum atomic E-state index is 2.71. The largest absolute Gasteiger partial charge is 0.310 e. The van der Waals surface area contributed by atoms with Crippen LogP contribution in [0.2, 0.25) is 0 Å². The van der Waals surface area contributed by atoms with Crippen molar-refractivity contribution in [3.8, 4) is 27.9 Å². The normalized spacial score (nSPS) is 22.5. The molecule has 2 fully saturated rings. The molecule has 2 nitrogen and oxygen atoms in total. The summed E-state index contributed by atoms with van der Waals surface area (Å²) in [7, 11) is 0. The van der Waals surface area contributed by atoms with E-state index in [1.807, 2.05) is 0 Å². The minimum Gasteiger partial charge on any atom is -0.310 e. The van der Waals surface area contributed by atoms with Crippen LogP contribution >= 0.6 is 0 Å². The number of aromatic nitrogens is 1. The molecule has 2 saturated carbocycles. The Morgan fingerprint density at radius 1 is 0.458 bits per heavy atom. The summed E-state index contributed by atoms with van der Waals surface area (Å²) in [6.07, 6.45) is 8.26. The van der Waals surface area contributed by atoms with Gasteiger partial charge in [-0.25, -0.2) is 0 Å². The van der Waals surface area contributed by atoms with Crippen molar-refractivity contribution in [3.63, 3.8) is 0 Å². The van der Waals surface area contributed by atoms with Crippen LogP contribution in [0.1, 0.15) is 31.2 Å². The van der Waals surface area contributed by atoms with E-state index in [1.165, 1.54) is 97.5 Å². The summed E-state index contributed by atoms with van der Waals surface area (Å²) >= 11 is 0. The molecule has 4 aliphatic rings. The molecular formula is C57H44N2. The molecule has 1 heterocycles. The van der Waals surface area contributed by atoms with Gasteiger partial charge in [0.25, 0.3) is 0 Å². The molecular weight excluding hydrogens is 713 g/mol. The Hall–Kier alpha value is -6.64. The van der Waals surface area contributed by atoms with Gasteiger partial charge in [-0.2, -0.15) is 0 Å². The van der Waals surface area contributed by atoms with Crippen LogP contribution in [0.5, 0.6) is 0 Å². The predicted molar refractivity (Wildman–Crippen MR) is 246 cm³/mol. The van der Waals surface area contributed by atoms with Gasteiger partial charge in [0.2, 0.25) is 0 Å². The first-order valence-corrected chi connectivity index (χ1v) is 21.6. The van der Waals surface area contributed by atoms with Crippen molar-refractivity contribution >= 4 is 49.6 Å². The van der Waals surface area contributed by atoms with E-state index in [0.29, 0.717) is 0 Å². The lowest BCUT2D eigenvalue weighted by atomic mass is 9.60. The fraction of sp³-hybridized carbons (Fsp3) is 0.158.